The number of ether oxygens (including phenoxy) is 2. The van der Waals surface area contributed by atoms with Crippen LogP contribution in [0.15, 0.2) is 55.1 Å². The first-order chi connectivity index (χ1) is 15.7. The largest absolute Gasteiger partial charge is 0.497 e. The van der Waals surface area contributed by atoms with Crippen LogP contribution in [0.5, 0.6) is 17.2 Å². The minimum absolute atomic E-state index is 0.0179. The van der Waals surface area contributed by atoms with Crippen LogP contribution in [0.2, 0.25) is 0 Å². The number of nitrogens with one attached hydrogen (secondary N) is 1. The molecule has 0 bridgehead atoms. The van der Waals surface area contributed by atoms with Gasteiger partial charge in [-0.15, -0.1) is 0 Å². The summed E-state index contributed by atoms with van der Waals surface area (Å²) < 4.78 is 27.5. The van der Waals surface area contributed by atoms with E-state index in [-0.39, 0.29) is 23.4 Å². The van der Waals surface area contributed by atoms with Crippen molar-refractivity contribution in [1.29, 1.82) is 0 Å². The lowest BCUT2D eigenvalue weighted by atomic mass is 10.1. The molecule has 8 nitrogen and oxygen atoms in total. The fourth-order valence-electron chi connectivity index (χ4n) is 3.19. The molecule has 33 heavy (non-hydrogen) atoms. The molecule has 0 aliphatic rings. The highest BCUT2D eigenvalue weighted by Gasteiger charge is 2.16. The van der Waals surface area contributed by atoms with Crippen LogP contribution in [-0.4, -0.2) is 32.8 Å². The molecule has 0 fully saturated rings. The Morgan fingerprint density at radius 2 is 1.94 bits per heavy atom. The van der Waals surface area contributed by atoms with Crippen LogP contribution in [0, 0.1) is 5.82 Å². The summed E-state index contributed by atoms with van der Waals surface area (Å²) in [4.78, 5) is 20.8. The number of carbonyl (C=O) groups excluding carboxylic acids is 1. The Bertz CT molecular complexity index is 1310. The second-order valence-electron chi connectivity index (χ2n) is 8.46. The van der Waals surface area contributed by atoms with E-state index >= 15 is 0 Å². The molecule has 0 radical (unpaired) electrons. The number of anilines is 1. The topological polar surface area (TPSA) is 91.2 Å². The lowest BCUT2D eigenvalue weighted by Gasteiger charge is -2.18. The zero-order chi connectivity index (χ0) is 23.6. The summed E-state index contributed by atoms with van der Waals surface area (Å²) in [5.74, 6) is 0.318. The van der Waals surface area contributed by atoms with Crippen molar-refractivity contribution in [3.05, 3.63) is 66.6 Å². The highest BCUT2D eigenvalue weighted by atomic mass is 19.1. The third-order valence-electron chi connectivity index (χ3n) is 4.91. The van der Waals surface area contributed by atoms with Gasteiger partial charge in [0.25, 0.3) is 0 Å². The maximum atomic E-state index is 14.7. The Hall–Kier alpha value is -4.01. The van der Waals surface area contributed by atoms with Gasteiger partial charge in [0.2, 0.25) is 5.91 Å². The van der Waals surface area contributed by atoms with Crippen LogP contribution >= 0.6 is 0 Å². The molecular formula is C24H24FN5O3. The van der Waals surface area contributed by atoms with E-state index in [4.69, 9.17) is 9.47 Å². The number of benzene rings is 1. The third-order valence-corrected chi connectivity index (χ3v) is 4.91. The molecule has 0 saturated heterocycles. The standard InChI is InChI=1S/C24H24FN5O3/c1-24(2,3)30-14-15(12-28-30)29-23(31)11-21-19(25)10-17(13-27-21)33-22-7-8-26-20-6-5-16(32-4)9-18(20)22/h5-10,12-14H,11H2,1-4H3,(H,29,31). The smallest absolute Gasteiger partial charge is 0.230 e. The molecule has 1 aromatic carbocycles. The fraction of sp³-hybridized carbons (Fsp3) is 0.250. The molecule has 1 amide bonds. The summed E-state index contributed by atoms with van der Waals surface area (Å²) in [5, 5.41) is 7.67. The zero-order valence-electron chi connectivity index (χ0n) is 18.8. The first-order valence-corrected chi connectivity index (χ1v) is 10.3. The Labute approximate surface area is 190 Å². The first kappa shape index (κ1) is 22.2. The van der Waals surface area contributed by atoms with Crippen LogP contribution in [0.1, 0.15) is 26.5 Å². The molecule has 0 spiro atoms. The van der Waals surface area contributed by atoms with E-state index in [0.29, 0.717) is 22.7 Å². The Morgan fingerprint density at radius 1 is 1.12 bits per heavy atom. The molecule has 0 atom stereocenters. The Morgan fingerprint density at radius 3 is 2.64 bits per heavy atom. The van der Waals surface area contributed by atoms with E-state index in [1.807, 2.05) is 26.8 Å². The number of hydrogen-bond donors (Lipinski definition) is 1. The second kappa shape index (κ2) is 8.85. The summed E-state index contributed by atoms with van der Waals surface area (Å²) in [5.41, 5.74) is 1.06. The molecule has 170 valence electrons. The maximum Gasteiger partial charge on any atom is 0.230 e. The van der Waals surface area contributed by atoms with Gasteiger partial charge in [0.15, 0.2) is 0 Å². The molecule has 3 heterocycles. The van der Waals surface area contributed by atoms with Crippen molar-refractivity contribution < 1.29 is 18.7 Å². The number of amides is 1. The monoisotopic (exact) mass is 449 g/mol. The average molecular weight is 449 g/mol. The number of halogens is 1. The quantitative estimate of drug-likeness (QED) is 0.459. The van der Waals surface area contributed by atoms with Crippen LogP contribution < -0.4 is 14.8 Å². The number of aromatic nitrogens is 4. The van der Waals surface area contributed by atoms with Gasteiger partial charge in [-0.1, -0.05) is 0 Å². The number of carbonyl (C=O) groups is 1. The summed E-state index contributed by atoms with van der Waals surface area (Å²) in [7, 11) is 1.57. The van der Waals surface area contributed by atoms with Crippen molar-refractivity contribution in [2.24, 2.45) is 0 Å². The van der Waals surface area contributed by atoms with Crippen LogP contribution in [0.3, 0.4) is 0 Å². The molecule has 0 unspecified atom stereocenters. The van der Waals surface area contributed by atoms with E-state index < -0.39 is 11.7 Å². The SMILES string of the molecule is COc1ccc2nccc(Oc3cnc(CC(=O)Nc4cnn(C(C)(C)C)c4)c(F)c3)c2c1. The predicted molar refractivity (Wildman–Crippen MR) is 122 cm³/mol. The van der Waals surface area contributed by atoms with Gasteiger partial charge in [-0.2, -0.15) is 5.10 Å². The second-order valence-corrected chi connectivity index (χ2v) is 8.46. The molecule has 0 saturated carbocycles. The van der Waals surface area contributed by atoms with Gasteiger partial charge in [-0.05, 0) is 45.0 Å². The number of fused-ring (bicyclic) bond motifs is 1. The number of hydrogen-bond acceptors (Lipinski definition) is 6. The zero-order valence-corrected chi connectivity index (χ0v) is 18.8. The number of rotatable bonds is 6. The van der Waals surface area contributed by atoms with E-state index in [0.717, 1.165) is 5.39 Å². The van der Waals surface area contributed by atoms with Gasteiger partial charge >= 0.3 is 0 Å². The predicted octanol–water partition coefficient (Wildman–Crippen LogP) is 4.70. The summed E-state index contributed by atoms with van der Waals surface area (Å²) in [6.45, 7) is 6.00. The van der Waals surface area contributed by atoms with E-state index in [1.165, 1.54) is 12.3 Å². The minimum atomic E-state index is -0.635. The Kier molecular flexibility index (Phi) is 5.95. The molecule has 3 aromatic heterocycles. The average Bonchev–Trinajstić information content (AvgIpc) is 3.24. The van der Waals surface area contributed by atoms with Crippen molar-refractivity contribution in [3.63, 3.8) is 0 Å². The summed E-state index contributed by atoms with van der Waals surface area (Å²) in [6, 6.07) is 8.29. The normalized spacial score (nSPS) is 11.4. The van der Waals surface area contributed by atoms with Crippen LogP contribution in [0.4, 0.5) is 10.1 Å². The van der Waals surface area contributed by atoms with Gasteiger partial charge in [-0.25, -0.2) is 4.39 Å². The third kappa shape index (κ3) is 5.08. The van der Waals surface area contributed by atoms with E-state index in [2.05, 4.69) is 20.4 Å². The fourth-order valence-corrected chi connectivity index (χ4v) is 3.19. The van der Waals surface area contributed by atoms with Crippen LogP contribution in [0.25, 0.3) is 10.9 Å². The lowest BCUT2D eigenvalue weighted by molar-refractivity contribution is -0.115. The minimum Gasteiger partial charge on any atom is -0.497 e. The van der Waals surface area contributed by atoms with Crippen molar-refractivity contribution in [2.45, 2.75) is 32.7 Å². The van der Waals surface area contributed by atoms with Gasteiger partial charge < -0.3 is 14.8 Å². The number of methoxy groups -OCH3 is 1. The highest BCUT2D eigenvalue weighted by molar-refractivity contribution is 5.91. The van der Waals surface area contributed by atoms with E-state index in [1.54, 1.807) is 48.6 Å². The number of pyridine rings is 2. The van der Waals surface area contributed by atoms with Gasteiger partial charge in [0.05, 0.1) is 48.4 Å². The summed E-state index contributed by atoms with van der Waals surface area (Å²) >= 11 is 0. The molecular weight excluding hydrogens is 425 g/mol. The van der Waals surface area contributed by atoms with Crippen molar-refractivity contribution in [1.82, 2.24) is 19.7 Å². The van der Waals surface area contributed by atoms with Gasteiger partial charge in [0, 0.05) is 23.8 Å². The van der Waals surface area contributed by atoms with Gasteiger partial charge in [-0.3, -0.25) is 19.4 Å². The molecule has 4 rings (SSSR count). The summed E-state index contributed by atoms with van der Waals surface area (Å²) in [6.07, 6.45) is 6.05. The molecule has 0 aliphatic carbocycles. The Balaban J connectivity index is 1.47. The maximum absolute atomic E-state index is 14.7. The van der Waals surface area contributed by atoms with Gasteiger partial charge in [0.1, 0.15) is 23.1 Å². The molecule has 9 heteroatoms. The molecule has 0 aliphatic heterocycles. The first-order valence-electron chi connectivity index (χ1n) is 10.3. The molecule has 4 aromatic rings. The van der Waals surface area contributed by atoms with E-state index in [9.17, 15) is 9.18 Å². The highest BCUT2D eigenvalue weighted by Crippen LogP contribution is 2.31. The lowest BCUT2D eigenvalue weighted by Crippen LogP contribution is -2.22. The van der Waals surface area contributed by atoms with Crippen molar-refractivity contribution in [2.75, 3.05) is 12.4 Å². The molecule has 1 N–H and O–H groups in total. The van der Waals surface area contributed by atoms with Crippen molar-refractivity contribution in [3.8, 4) is 17.2 Å². The van der Waals surface area contributed by atoms with Crippen molar-refractivity contribution >= 4 is 22.5 Å². The van der Waals surface area contributed by atoms with Crippen LogP contribution in [-0.2, 0) is 16.8 Å². The number of nitrogens with zero attached hydrogens (tertiary/aromatic N) is 4.